The Hall–Kier alpha value is -5.06. The highest BCUT2D eigenvalue weighted by Gasteiger charge is 2.25. The second-order valence-electron chi connectivity index (χ2n) is 8.90. The topological polar surface area (TPSA) is 131 Å². The molecular formula is C29H25F2N3O6. The predicted octanol–water partition coefficient (Wildman–Crippen LogP) is 5.66. The molecule has 206 valence electrons. The molecule has 0 aliphatic heterocycles. The Bertz CT molecular complexity index is 1500. The molecule has 0 spiro atoms. The van der Waals surface area contributed by atoms with Gasteiger partial charge in [0.05, 0.1) is 0 Å². The van der Waals surface area contributed by atoms with E-state index in [1.54, 1.807) is 13.8 Å². The van der Waals surface area contributed by atoms with Crippen molar-refractivity contribution < 1.29 is 37.5 Å². The van der Waals surface area contributed by atoms with Gasteiger partial charge in [-0.2, -0.15) is 0 Å². The number of carboxylic acids is 1. The summed E-state index contributed by atoms with van der Waals surface area (Å²) in [4.78, 5) is 37.0. The van der Waals surface area contributed by atoms with E-state index in [9.17, 15) is 28.3 Å². The van der Waals surface area contributed by atoms with Crippen molar-refractivity contribution in [2.24, 2.45) is 0 Å². The quantitative estimate of drug-likeness (QED) is 0.245. The average molecular weight is 550 g/mol. The molecule has 2 amide bonds. The summed E-state index contributed by atoms with van der Waals surface area (Å²) in [5.41, 5.74) is 1.60. The van der Waals surface area contributed by atoms with Crippen molar-refractivity contribution in [1.82, 2.24) is 10.5 Å². The molecule has 0 saturated carbocycles. The van der Waals surface area contributed by atoms with Gasteiger partial charge in [-0.3, -0.25) is 10.1 Å². The Morgan fingerprint density at radius 2 is 1.62 bits per heavy atom. The number of nitrogens with one attached hydrogen (secondary N) is 2. The zero-order valence-corrected chi connectivity index (χ0v) is 21.5. The van der Waals surface area contributed by atoms with Crippen molar-refractivity contribution in [3.63, 3.8) is 0 Å². The highest BCUT2D eigenvalue weighted by atomic mass is 19.1. The lowest BCUT2D eigenvalue weighted by atomic mass is 10.0. The molecule has 1 aromatic heterocycles. The number of amides is 2. The van der Waals surface area contributed by atoms with E-state index < -0.39 is 53.7 Å². The van der Waals surface area contributed by atoms with Crippen LogP contribution in [0.25, 0.3) is 11.3 Å². The summed E-state index contributed by atoms with van der Waals surface area (Å²) in [6, 6.07) is 16.7. The molecule has 4 rings (SSSR count). The zero-order valence-electron chi connectivity index (χ0n) is 21.5. The number of aliphatic carboxylic acids is 1. The maximum Gasteiger partial charge on any atom is 0.412 e. The SMILES string of the molecule is Cc1noc(-c2ccc(C(=O)NC(Cc3c(F)cccc3F)C(=O)O)cc2)c1NC(=O)OC(C)c1ccccc1. The van der Waals surface area contributed by atoms with E-state index in [0.29, 0.717) is 11.3 Å². The second kappa shape index (κ2) is 12.2. The maximum atomic E-state index is 14.0. The normalized spacial score (nSPS) is 12.3. The van der Waals surface area contributed by atoms with Crippen LogP contribution in [-0.4, -0.2) is 34.3 Å². The Morgan fingerprint density at radius 1 is 0.975 bits per heavy atom. The van der Waals surface area contributed by atoms with E-state index in [4.69, 9.17) is 9.26 Å². The summed E-state index contributed by atoms with van der Waals surface area (Å²) >= 11 is 0. The Balaban J connectivity index is 1.45. The standard InChI is InChI=1S/C29H25F2N3O6/c1-16-25(33-29(38)39-17(2)18-7-4-3-5-8-18)26(40-34-16)19-11-13-20(14-12-19)27(35)32-24(28(36)37)15-21-22(30)9-6-10-23(21)31/h3-14,17,24H,15H2,1-2H3,(H,32,35)(H,33,38)(H,36,37). The number of aryl methyl sites for hydroxylation is 1. The Labute approximate surface area is 227 Å². The van der Waals surface area contributed by atoms with Gasteiger partial charge in [0.2, 0.25) is 0 Å². The van der Waals surface area contributed by atoms with Gasteiger partial charge in [0.15, 0.2) is 5.76 Å². The lowest BCUT2D eigenvalue weighted by molar-refractivity contribution is -0.139. The van der Waals surface area contributed by atoms with Crippen LogP contribution in [0.15, 0.2) is 77.3 Å². The van der Waals surface area contributed by atoms with E-state index in [-0.39, 0.29) is 17.0 Å². The van der Waals surface area contributed by atoms with E-state index in [0.717, 1.165) is 23.8 Å². The number of ether oxygens (including phenoxy) is 1. The van der Waals surface area contributed by atoms with Gasteiger partial charge in [0.25, 0.3) is 5.91 Å². The van der Waals surface area contributed by atoms with E-state index in [2.05, 4.69) is 15.8 Å². The van der Waals surface area contributed by atoms with Gasteiger partial charge in [-0.25, -0.2) is 18.4 Å². The number of halogens is 2. The molecule has 9 nitrogen and oxygen atoms in total. The van der Waals surface area contributed by atoms with E-state index in [1.807, 2.05) is 30.3 Å². The molecule has 0 bridgehead atoms. The van der Waals surface area contributed by atoms with Gasteiger partial charge in [-0.05, 0) is 43.7 Å². The summed E-state index contributed by atoms with van der Waals surface area (Å²) in [5.74, 6) is -3.81. The highest BCUT2D eigenvalue weighted by molar-refractivity contribution is 5.97. The third-order valence-corrected chi connectivity index (χ3v) is 6.13. The van der Waals surface area contributed by atoms with Crippen LogP contribution < -0.4 is 10.6 Å². The molecule has 2 atom stereocenters. The molecule has 0 saturated heterocycles. The van der Waals surface area contributed by atoms with Crippen molar-refractivity contribution in [3.05, 3.63) is 107 Å². The van der Waals surface area contributed by atoms with Gasteiger partial charge in [-0.15, -0.1) is 0 Å². The minimum Gasteiger partial charge on any atom is -0.480 e. The number of benzene rings is 3. The molecule has 0 radical (unpaired) electrons. The number of carbonyl (C=O) groups excluding carboxylic acids is 2. The first kappa shape index (κ1) is 28.0. The minimum atomic E-state index is -1.57. The van der Waals surface area contributed by atoms with Crippen molar-refractivity contribution >= 4 is 23.7 Å². The lowest BCUT2D eigenvalue weighted by Crippen LogP contribution is -2.42. The summed E-state index contributed by atoms with van der Waals surface area (Å²) in [6.07, 6.45) is -1.80. The van der Waals surface area contributed by atoms with Crippen molar-refractivity contribution in [2.45, 2.75) is 32.4 Å². The molecule has 1 heterocycles. The largest absolute Gasteiger partial charge is 0.480 e. The number of rotatable bonds is 9. The summed E-state index contributed by atoms with van der Waals surface area (Å²) in [5, 5.41) is 18.3. The molecule has 2 unspecified atom stereocenters. The second-order valence-corrected chi connectivity index (χ2v) is 8.90. The predicted molar refractivity (Wildman–Crippen MR) is 141 cm³/mol. The molecule has 0 fully saturated rings. The van der Waals surface area contributed by atoms with Crippen molar-refractivity contribution in [2.75, 3.05) is 5.32 Å². The van der Waals surface area contributed by atoms with E-state index in [1.165, 1.54) is 24.3 Å². The molecule has 3 N–H and O–H groups in total. The summed E-state index contributed by atoms with van der Waals surface area (Å²) < 4.78 is 38.8. The highest BCUT2D eigenvalue weighted by Crippen LogP contribution is 2.31. The molecule has 11 heteroatoms. The molecular weight excluding hydrogens is 524 g/mol. The van der Waals surface area contributed by atoms with Crippen LogP contribution in [0.5, 0.6) is 0 Å². The van der Waals surface area contributed by atoms with Crippen molar-refractivity contribution in [3.8, 4) is 11.3 Å². The zero-order chi connectivity index (χ0) is 28.8. The van der Waals surface area contributed by atoms with Gasteiger partial charge < -0.3 is 19.7 Å². The average Bonchev–Trinajstić information content (AvgIpc) is 3.29. The van der Waals surface area contributed by atoms with Crippen LogP contribution in [-0.2, 0) is 16.0 Å². The third kappa shape index (κ3) is 6.49. The number of hydrogen-bond acceptors (Lipinski definition) is 6. The molecule has 0 aliphatic carbocycles. The maximum absolute atomic E-state index is 14.0. The van der Waals surface area contributed by atoms with Gasteiger partial charge >= 0.3 is 12.1 Å². The van der Waals surface area contributed by atoms with Crippen molar-refractivity contribution in [1.29, 1.82) is 0 Å². The number of carboxylic acid groups (broad SMARTS) is 1. The number of carbonyl (C=O) groups is 3. The molecule has 3 aromatic carbocycles. The third-order valence-electron chi connectivity index (χ3n) is 6.13. The summed E-state index contributed by atoms with van der Waals surface area (Å²) in [6.45, 7) is 3.37. The fourth-order valence-corrected chi connectivity index (χ4v) is 3.94. The minimum absolute atomic E-state index is 0.0887. The Kier molecular flexibility index (Phi) is 8.53. The van der Waals surface area contributed by atoms with Crippen LogP contribution in [0, 0.1) is 18.6 Å². The van der Waals surface area contributed by atoms with Crippen LogP contribution in [0.2, 0.25) is 0 Å². The smallest absolute Gasteiger partial charge is 0.412 e. The van der Waals surface area contributed by atoms with Gasteiger partial charge in [-0.1, -0.05) is 53.7 Å². The van der Waals surface area contributed by atoms with Gasteiger partial charge in [0, 0.05) is 23.1 Å². The van der Waals surface area contributed by atoms with Crippen LogP contribution in [0.3, 0.4) is 0 Å². The lowest BCUT2D eigenvalue weighted by Gasteiger charge is -2.16. The number of aromatic nitrogens is 1. The first-order valence-electron chi connectivity index (χ1n) is 12.2. The fourth-order valence-electron chi connectivity index (χ4n) is 3.94. The van der Waals surface area contributed by atoms with Crippen LogP contribution >= 0.6 is 0 Å². The number of nitrogens with zero attached hydrogens (tertiary/aromatic N) is 1. The fraction of sp³-hybridized carbons (Fsp3) is 0.172. The number of hydrogen-bond donors (Lipinski definition) is 3. The Morgan fingerprint density at radius 3 is 2.25 bits per heavy atom. The molecule has 4 aromatic rings. The first-order chi connectivity index (χ1) is 19.1. The number of anilines is 1. The van der Waals surface area contributed by atoms with E-state index >= 15 is 0 Å². The molecule has 40 heavy (non-hydrogen) atoms. The van der Waals surface area contributed by atoms with Crippen LogP contribution in [0.1, 0.15) is 40.2 Å². The first-order valence-corrected chi connectivity index (χ1v) is 12.2. The van der Waals surface area contributed by atoms with Crippen LogP contribution in [0.4, 0.5) is 19.3 Å². The summed E-state index contributed by atoms with van der Waals surface area (Å²) in [7, 11) is 0. The van der Waals surface area contributed by atoms with Gasteiger partial charge in [0.1, 0.15) is 35.2 Å². The monoisotopic (exact) mass is 549 g/mol. The molecule has 0 aliphatic rings.